The predicted molar refractivity (Wildman–Crippen MR) is 82.5 cm³/mol. The van der Waals surface area contributed by atoms with Crippen LogP contribution in [0.3, 0.4) is 0 Å². The molecular formula is C17H18N2O2. The van der Waals surface area contributed by atoms with E-state index >= 15 is 0 Å². The second-order valence-electron chi connectivity index (χ2n) is 5.36. The van der Waals surface area contributed by atoms with Gasteiger partial charge in [0.15, 0.2) is 0 Å². The highest BCUT2D eigenvalue weighted by Gasteiger charge is 2.31. The van der Waals surface area contributed by atoms with Crippen LogP contribution in [0.1, 0.15) is 38.3 Å². The number of amides is 2. The molecule has 4 nitrogen and oxygen atoms in total. The van der Waals surface area contributed by atoms with E-state index < -0.39 is 0 Å². The van der Waals surface area contributed by atoms with E-state index in [1.165, 1.54) is 0 Å². The minimum Gasteiger partial charge on any atom is -0.354 e. The molecule has 0 saturated carbocycles. The van der Waals surface area contributed by atoms with Crippen LogP contribution in [0, 0.1) is 0 Å². The van der Waals surface area contributed by atoms with Gasteiger partial charge in [-0.2, -0.15) is 0 Å². The number of unbranched alkanes of at least 4 members (excludes halogenated alkanes) is 2. The fourth-order valence-electron chi connectivity index (χ4n) is 2.77. The Balaban J connectivity index is 2.02. The number of para-hydroxylation sites is 1. The lowest BCUT2D eigenvalue weighted by molar-refractivity contribution is -0.123. The predicted octanol–water partition coefficient (Wildman–Crippen LogP) is 3.16. The summed E-state index contributed by atoms with van der Waals surface area (Å²) in [7, 11) is 0. The Kier molecular flexibility index (Phi) is 3.60. The average molecular weight is 282 g/mol. The molecular weight excluding hydrogens is 264 g/mol. The van der Waals surface area contributed by atoms with Gasteiger partial charge in [-0.3, -0.25) is 14.9 Å². The number of nitrogens with one attached hydrogen (secondary N) is 2. The number of carbonyl (C=O) groups is 2. The number of benzene rings is 1. The first-order chi connectivity index (χ1) is 10.2. The third-order valence-corrected chi connectivity index (χ3v) is 3.86. The quantitative estimate of drug-likeness (QED) is 0.653. The number of aromatic amines is 1. The minimum absolute atomic E-state index is 0.246. The lowest BCUT2D eigenvalue weighted by Gasteiger charge is -2.01. The van der Waals surface area contributed by atoms with E-state index in [1.54, 1.807) is 0 Å². The van der Waals surface area contributed by atoms with E-state index in [1.807, 2.05) is 30.3 Å². The summed E-state index contributed by atoms with van der Waals surface area (Å²) in [4.78, 5) is 27.3. The molecule has 3 rings (SSSR count). The SMILES string of the molecule is CCCCCC1=C(c2cc3ccccc3[nH]2)C(=O)NC1=O. The van der Waals surface area contributed by atoms with Crippen LogP contribution in [-0.2, 0) is 9.59 Å². The average Bonchev–Trinajstić information content (AvgIpc) is 3.00. The van der Waals surface area contributed by atoms with Gasteiger partial charge in [0.05, 0.1) is 11.3 Å². The van der Waals surface area contributed by atoms with Crippen LogP contribution in [0.5, 0.6) is 0 Å². The van der Waals surface area contributed by atoms with Crippen molar-refractivity contribution >= 4 is 28.3 Å². The van der Waals surface area contributed by atoms with Crippen molar-refractivity contribution in [2.24, 2.45) is 0 Å². The molecule has 0 saturated heterocycles. The first-order valence-corrected chi connectivity index (χ1v) is 7.37. The van der Waals surface area contributed by atoms with Crippen LogP contribution in [0.4, 0.5) is 0 Å². The van der Waals surface area contributed by atoms with Crippen molar-refractivity contribution < 1.29 is 9.59 Å². The number of carbonyl (C=O) groups excluding carboxylic acids is 2. The Bertz CT molecular complexity index is 707. The van der Waals surface area contributed by atoms with Gasteiger partial charge in [0, 0.05) is 16.5 Å². The second kappa shape index (κ2) is 5.56. The molecule has 21 heavy (non-hydrogen) atoms. The molecule has 0 atom stereocenters. The van der Waals surface area contributed by atoms with Gasteiger partial charge in [-0.15, -0.1) is 0 Å². The molecule has 108 valence electrons. The summed E-state index contributed by atoms with van der Waals surface area (Å²) >= 11 is 0. The summed E-state index contributed by atoms with van der Waals surface area (Å²) in [6, 6.07) is 9.78. The van der Waals surface area contributed by atoms with Crippen molar-refractivity contribution in [3.05, 3.63) is 41.6 Å². The van der Waals surface area contributed by atoms with Gasteiger partial charge in [0.25, 0.3) is 11.8 Å². The Hall–Kier alpha value is -2.36. The maximum atomic E-state index is 12.1. The van der Waals surface area contributed by atoms with Crippen LogP contribution >= 0.6 is 0 Å². The zero-order chi connectivity index (χ0) is 14.8. The highest BCUT2D eigenvalue weighted by atomic mass is 16.2. The van der Waals surface area contributed by atoms with Crippen molar-refractivity contribution in [1.29, 1.82) is 0 Å². The molecule has 1 aliphatic heterocycles. The van der Waals surface area contributed by atoms with Crippen LogP contribution in [-0.4, -0.2) is 16.8 Å². The third kappa shape index (κ3) is 2.49. The number of rotatable bonds is 5. The molecule has 1 aliphatic rings. The van der Waals surface area contributed by atoms with Gasteiger partial charge in [-0.1, -0.05) is 38.0 Å². The van der Waals surface area contributed by atoms with Gasteiger partial charge < -0.3 is 4.98 Å². The van der Waals surface area contributed by atoms with Crippen molar-refractivity contribution in [2.75, 3.05) is 0 Å². The molecule has 2 heterocycles. The van der Waals surface area contributed by atoms with Crippen LogP contribution in [0.2, 0.25) is 0 Å². The van der Waals surface area contributed by atoms with E-state index in [0.29, 0.717) is 17.6 Å². The second-order valence-corrected chi connectivity index (χ2v) is 5.36. The van der Waals surface area contributed by atoms with Gasteiger partial charge in [0.1, 0.15) is 0 Å². The fourth-order valence-corrected chi connectivity index (χ4v) is 2.77. The van der Waals surface area contributed by atoms with E-state index in [4.69, 9.17) is 0 Å². The van der Waals surface area contributed by atoms with Crippen LogP contribution < -0.4 is 5.32 Å². The molecule has 0 fully saturated rings. The number of aromatic nitrogens is 1. The van der Waals surface area contributed by atoms with Crippen LogP contribution in [0.15, 0.2) is 35.9 Å². The summed E-state index contributed by atoms with van der Waals surface area (Å²) in [6.45, 7) is 2.12. The monoisotopic (exact) mass is 282 g/mol. The smallest absolute Gasteiger partial charge is 0.260 e. The summed E-state index contributed by atoms with van der Waals surface area (Å²) in [6.07, 6.45) is 3.72. The van der Waals surface area contributed by atoms with Gasteiger partial charge in [0.2, 0.25) is 0 Å². The Morgan fingerprint density at radius 2 is 1.86 bits per heavy atom. The topological polar surface area (TPSA) is 62.0 Å². The first kappa shape index (κ1) is 13.6. The number of hydrogen-bond acceptors (Lipinski definition) is 2. The molecule has 2 amide bonds. The number of fused-ring (bicyclic) bond motifs is 1. The Morgan fingerprint density at radius 3 is 2.62 bits per heavy atom. The summed E-state index contributed by atoms with van der Waals surface area (Å²) in [5, 5.41) is 3.46. The highest BCUT2D eigenvalue weighted by molar-refractivity contribution is 6.35. The maximum Gasteiger partial charge on any atom is 0.260 e. The lowest BCUT2D eigenvalue weighted by Crippen LogP contribution is -2.23. The van der Waals surface area contributed by atoms with E-state index in [9.17, 15) is 9.59 Å². The highest BCUT2D eigenvalue weighted by Crippen LogP contribution is 2.29. The molecule has 0 bridgehead atoms. The van der Waals surface area contributed by atoms with Crippen molar-refractivity contribution in [2.45, 2.75) is 32.6 Å². The van der Waals surface area contributed by atoms with E-state index in [-0.39, 0.29) is 11.8 Å². The molecule has 1 aromatic carbocycles. The van der Waals surface area contributed by atoms with Crippen LogP contribution in [0.25, 0.3) is 16.5 Å². The lowest BCUT2D eigenvalue weighted by atomic mass is 10.0. The normalized spacial score (nSPS) is 15.1. The Morgan fingerprint density at radius 1 is 1.05 bits per heavy atom. The zero-order valence-electron chi connectivity index (χ0n) is 12.0. The molecule has 0 spiro atoms. The fraction of sp³-hybridized carbons (Fsp3) is 0.294. The molecule has 0 unspecified atom stereocenters. The maximum absolute atomic E-state index is 12.1. The van der Waals surface area contributed by atoms with Crippen molar-refractivity contribution in [3.8, 4) is 0 Å². The molecule has 0 aliphatic carbocycles. The summed E-state index contributed by atoms with van der Waals surface area (Å²) < 4.78 is 0. The summed E-state index contributed by atoms with van der Waals surface area (Å²) in [5.74, 6) is -0.539. The molecule has 2 N–H and O–H groups in total. The van der Waals surface area contributed by atoms with E-state index in [0.717, 1.165) is 35.9 Å². The third-order valence-electron chi connectivity index (χ3n) is 3.86. The van der Waals surface area contributed by atoms with Gasteiger partial charge in [-0.25, -0.2) is 0 Å². The number of H-pyrrole nitrogens is 1. The minimum atomic E-state index is -0.293. The molecule has 4 heteroatoms. The first-order valence-electron chi connectivity index (χ1n) is 7.37. The zero-order valence-corrected chi connectivity index (χ0v) is 12.0. The van der Waals surface area contributed by atoms with Gasteiger partial charge >= 0.3 is 0 Å². The molecule has 2 aromatic rings. The molecule has 1 aromatic heterocycles. The number of imide groups is 1. The Labute approximate surface area is 123 Å². The number of hydrogen-bond donors (Lipinski definition) is 2. The summed E-state index contributed by atoms with van der Waals surface area (Å²) in [5.41, 5.74) is 2.82. The van der Waals surface area contributed by atoms with Gasteiger partial charge in [-0.05, 0) is 25.0 Å². The van der Waals surface area contributed by atoms with Crippen molar-refractivity contribution in [3.63, 3.8) is 0 Å². The standard InChI is InChI=1S/C17H18N2O2/c1-2-3-4-8-12-15(17(21)19-16(12)20)14-10-11-7-5-6-9-13(11)18-14/h5-7,9-10,18H,2-4,8H2,1H3,(H,19,20,21). The largest absolute Gasteiger partial charge is 0.354 e. The molecule has 0 radical (unpaired) electrons. The van der Waals surface area contributed by atoms with E-state index in [2.05, 4.69) is 17.2 Å². The van der Waals surface area contributed by atoms with Crippen molar-refractivity contribution in [1.82, 2.24) is 10.3 Å².